The number of fused-ring (bicyclic) bond motifs is 1. The van der Waals surface area contributed by atoms with Gasteiger partial charge in [-0.2, -0.15) is 0 Å². The van der Waals surface area contributed by atoms with Gasteiger partial charge >= 0.3 is 0 Å². The second kappa shape index (κ2) is 5.55. The average molecular weight is 258 g/mol. The van der Waals surface area contributed by atoms with Crippen molar-refractivity contribution in [1.29, 1.82) is 0 Å². The van der Waals surface area contributed by atoms with Gasteiger partial charge in [0.05, 0.1) is 6.61 Å². The number of aromatic nitrogens is 1. The van der Waals surface area contributed by atoms with E-state index >= 15 is 0 Å². The van der Waals surface area contributed by atoms with Gasteiger partial charge in [-0.3, -0.25) is 4.79 Å². The fourth-order valence-corrected chi connectivity index (χ4v) is 2.48. The van der Waals surface area contributed by atoms with Crippen molar-refractivity contribution in [2.45, 2.75) is 13.0 Å². The topological polar surface area (TPSA) is 54.1 Å². The van der Waals surface area contributed by atoms with Crippen LogP contribution in [0.1, 0.15) is 12.0 Å². The van der Waals surface area contributed by atoms with Gasteiger partial charge in [0.2, 0.25) is 0 Å². The van der Waals surface area contributed by atoms with Crippen molar-refractivity contribution < 1.29 is 4.74 Å². The van der Waals surface area contributed by atoms with E-state index in [0.29, 0.717) is 12.5 Å². The standard InChI is InChI=1S/C15H18N2O2/c18-15-13(9-16-8-11-5-6-19-10-11)7-12-3-1-2-4-14(12)17-15/h1-4,7,11,16H,5-6,8-10H2,(H,17,18). The number of H-pyrrole nitrogens is 1. The maximum absolute atomic E-state index is 11.9. The normalized spacial score (nSPS) is 19.1. The van der Waals surface area contributed by atoms with E-state index in [2.05, 4.69) is 10.3 Å². The van der Waals surface area contributed by atoms with Gasteiger partial charge in [-0.1, -0.05) is 18.2 Å². The molecule has 19 heavy (non-hydrogen) atoms. The van der Waals surface area contributed by atoms with Crippen LogP contribution in [0.3, 0.4) is 0 Å². The highest BCUT2D eigenvalue weighted by molar-refractivity contribution is 5.78. The minimum Gasteiger partial charge on any atom is -0.381 e. The van der Waals surface area contributed by atoms with Crippen LogP contribution < -0.4 is 10.9 Å². The van der Waals surface area contributed by atoms with E-state index in [-0.39, 0.29) is 5.56 Å². The van der Waals surface area contributed by atoms with Crippen molar-refractivity contribution >= 4 is 10.9 Å². The fraction of sp³-hybridized carbons (Fsp3) is 0.400. The molecule has 4 nitrogen and oxygen atoms in total. The maximum atomic E-state index is 11.9. The minimum absolute atomic E-state index is 0.00567. The summed E-state index contributed by atoms with van der Waals surface area (Å²) in [4.78, 5) is 14.9. The molecular formula is C15H18N2O2. The zero-order valence-corrected chi connectivity index (χ0v) is 10.8. The summed E-state index contributed by atoms with van der Waals surface area (Å²) >= 11 is 0. The molecule has 1 aromatic carbocycles. The number of aromatic amines is 1. The first-order chi connectivity index (χ1) is 9.33. The highest BCUT2D eigenvalue weighted by atomic mass is 16.5. The Kier molecular flexibility index (Phi) is 3.62. The Morgan fingerprint density at radius 2 is 2.26 bits per heavy atom. The number of para-hydroxylation sites is 1. The van der Waals surface area contributed by atoms with Crippen LogP contribution in [0, 0.1) is 5.92 Å². The number of rotatable bonds is 4. The number of hydrogen-bond acceptors (Lipinski definition) is 3. The summed E-state index contributed by atoms with van der Waals surface area (Å²) in [5, 5.41) is 4.42. The Morgan fingerprint density at radius 3 is 3.11 bits per heavy atom. The molecule has 1 fully saturated rings. The Hall–Kier alpha value is -1.65. The van der Waals surface area contributed by atoms with Crippen molar-refractivity contribution in [1.82, 2.24) is 10.3 Å². The fourth-order valence-electron chi connectivity index (χ4n) is 2.48. The third kappa shape index (κ3) is 2.85. The van der Waals surface area contributed by atoms with Crippen LogP contribution >= 0.6 is 0 Å². The second-order valence-corrected chi connectivity index (χ2v) is 5.07. The Balaban J connectivity index is 1.69. The van der Waals surface area contributed by atoms with Crippen LogP contribution in [0.5, 0.6) is 0 Å². The molecule has 0 radical (unpaired) electrons. The molecule has 1 aliphatic heterocycles. The van der Waals surface area contributed by atoms with Crippen molar-refractivity contribution in [3.8, 4) is 0 Å². The van der Waals surface area contributed by atoms with E-state index in [9.17, 15) is 4.79 Å². The van der Waals surface area contributed by atoms with Crippen molar-refractivity contribution in [2.24, 2.45) is 5.92 Å². The van der Waals surface area contributed by atoms with Crippen LogP contribution in [0.15, 0.2) is 35.1 Å². The van der Waals surface area contributed by atoms with Crippen LogP contribution in [0.4, 0.5) is 0 Å². The molecule has 4 heteroatoms. The molecule has 0 bridgehead atoms. The highest BCUT2D eigenvalue weighted by Crippen LogP contribution is 2.12. The largest absolute Gasteiger partial charge is 0.381 e. The molecule has 2 heterocycles. The molecule has 1 saturated heterocycles. The summed E-state index contributed by atoms with van der Waals surface area (Å²) in [7, 11) is 0. The van der Waals surface area contributed by atoms with Gasteiger partial charge in [0, 0.05) is 30.8 Å². The van der Waals surface area contributed by atoms with Crippen molar-refractivity contribution in [3.63, 3.8) is 0 Å². The van der Waals surface area contributed by atoms with E-state index < -0.39 is 0 Å². The van der Waals surface area contributed by atoms with Crippen molar-refractivity contribution in [3.05, 3.63) is 46.2 Å². The molecule has 0 saturated carbocycles. The molecule has 2 N–H and O–H groups in total. The SMILES string of the molecule is O=c1[nH]c2ccccc2cc1CNCC1CCOC1. The van der Waals surface area contributed by atoms with E-state index in [1.807, 2.05) is 30.3 Å². The molecule has 0 aliphatic carbocycles. The minimum atomic E-state index is -0.00567. The summed E-state index contributed by atoms with van der Waals surface area (Å²) in [5.41, 5.74) is 1.67. The molecule has 1 unspecified atom stereocenters. The van der Waals surface area contributed by atoms with Gasteiger partial charge in [0.25, 0.3) is 5.56 Å². The van der Waals surface area contributed by atoms with Crippen LogP contribution in [-0.2, 0) is 11.3 Å². The number of pyridine rings is 1. The van der Waals surface area contributed by atoms with Crippen LogP contribution in [-0.4, -0.2) is 24.7 Å². The first-order valence-electron chi connectivity index (χ1n) is 6.72. The molecule has 1 atom stereocenters. The van der Waals surface area contributed by atoms with Crippen molar-refractivity contribution in [2.75, 3.05) is 19.8 Å². The Labute approximate surface area is 111 Å². The molecular weight excluding hydrogens is 240 g/mol. The van der Waals surface area contributed by atoms with Crippen LogP contribution in [0.2, 0.25) is 0 Å². The van der Waals surface area contributed by atoms with Crippen LogP contribution in [0.25, 0.3) is 10.9 Å². The van der Waals surface area contributed by atoms with Gasteiger partial charge in [0.1, 0.15) is 0 Å². The highest BCUT2D eigenvalue weighted by Gasteiger charge is 2.14. The molecule has 3 rings (SSSR count). The lowest BCUT2D eigenvalue weighted by atomic mass is 10.1. The molecule has 100 valence electrons. The first-order valence-corrected chi connectivity index (χ1v) is 6.72. The smallest absolute Gasteiger partial charge is 0.252 e. The Bertz CT molecular complexity index is 615. The molecule has 0 spiro atoms. The third-order valence-electron chi connectivity index (χ3n) is 3.60. The molecule has 0 amide bonds. The summed E-state index contributed by atoms with van der Waals surface area (Å²) in [5.74, 6) is 0.583. The number of ether oxygens (including phenoxy) is 1. The molecule has 1 aliphatic rings. The summed E-state index contributed by atoms with van der Waals surface area (Å²) in [6.07, 6.45) is 1.11. The Morgan fingerprint density at radius 1 is 1.37 bits per heavy atom. The predicted molar refractivity (Wildman–Crippen MR) is 75.2 cm³/mol. The van der Waals surface area contributed by atoms with E-state index in [0.717, 1.165) is 42.6 Å². The zero-order valence-electron chi connectivity index (χ0n) is 10.8. The average Bonchev–Trinajstić information content (AvgIpc) is 2.92. The molecule has 1 aromatic heterocycles. The maximum Gasteiger partial charge on any atom is 0.252 e. The zero-order chi connectivity index (χ0) is 13.1. The summed E-state index contributed by atoms with van der Waals surface area (Å²) in [6.45, 7) is 3.22. The second-order valence-electron chi connectivity index (χ2n) is 5.07. The lowest BCUT2D eigenvalue weighted by Gasteiger charge is -2.09. The van der Waals surface area contributed by atoms with E-state index in [1.54, 1.807) is 0 Å². The first kappa shape index (κ1) is 12.4. The molecule has 2 aromatic rings. The van der Waals surface area contributed by atoms with Gasteiger partial charge in [-0.15, -0.1) is 0 Å². The number of nitrogens with one attached hydrogen (secondary N) is 2. The van der Waals surface area contributed by atoms with Gasteiger partial charge in [0.15, 0.2) is 0 Å². The van der Waals surface area contributed by atoms with Gasteiger partial charge in [-0.05, 0) is 29.9 Å². The van der Waals surface area contributed by atoms with Gasteiger partial charge < -0.3 is 15.0 Å². The lowest BCUT2D eigenvalue weighted by molar-refractivity contribution is 0.185. The quantitative estimate of drug-likeness (QED) is 0.877. The monoisotopic (exact) mass is 258 g/mol. The number of hydrogen-bond donors (Lipinski definition) is 2. The third-order valence-corrected chi connectivity index (χ3v) is 3.60. The van der Waals surface area contributed by atoms with E-state index in [1.165, 1.54) is 0 Å². The summed E-state index contributed by atoms with van der Waals surface area (Å²) in [6, 6.07) is 9.81. The van der Waals surface area contributed by atoms with E-state index in [4.69, 9.17) is 4.74 Å². The summed E-state index contributed by atoms with van der Waals surface area (Å²) < 4.78 is 5.33. The lowest BCUT2D eigenvalue weighted by Crippen LogP contribution is -2.26. The van der Waals surface area contributed by atoms with Gasteiger partial charge in [-0.25, -0.2) is 0 Å². The number of benzene rings is 1. The predicted octanol–water partition coefficient (Wildman–Crippen LogP) is 1.65.